The Morgan fingerprint density at radius 2 is 1.88 bits per heavy atom. The van der Waals surface area contributed by atoms with Gasteiger partial charge in [0.15, 0.2) is 0 Å². The first-order valence-corrected chi connectivity index (χ1v) is 12.7. The molecule has 7 nitrogen and oxygen atoms in total. The van der Waals surface area contributed by atoms with E-state index in [2.05, 4.69) is 15.6 Å². The third kappa shape index (κ3) is 5.72. The Labute approximate surface area is 229 Å². The molecule has 0 spiro atoms. The second-order valence-electron chi connectivity index (χ2n) is 9.52. The number of hydrogen-bond donors (Lipinski definition) is 2. The van der Waals surface area contributed by atoms with E-state index in [0.717, 1.165) is 12.1 Å². The van der Waals surface area contributed by atoms with Crippen LogP contribution in [-0.4, -0.2) is 51.2 Å². The normalized spacial score (nSPS) is 14.9. The average molecular weight is 556 g/mol. The molecule has 210 valence electrons. The Hall–Kier alpha value is -4.17. The van der Waals surface area contributed by atoms with Crippen molar-refractivity contribution in [3.63, 3.8) is 0 Å². The van der Waals surface area contributed by atoms with Crippen molar-refractivity contribution in [1.29, 1.82) is 5.26 Å². The Kier molecular flexibility index (Phi) is 8.59. The summed E-state index contributed by atoms with van der Waals surface area (Å²) in [5.41, 5.74) is -0.811. The molecule has 1 amide bonds. The Morgan fingerprint density at radius 3 is 2.50 bits per heavy atom. The number of nitriles is 1. The van der Waals surface area contributed by atoms with Gasteiger partial charge in [-0.1, -0.05) is 12.1 Å². The lowest BCUT2D eigenvalue weighted by Crippen LogP contribution is -2.52. The zero-order valence-corrected chi connectivity index (χ0v) is 22.1. The van der Waals surface area contributed by atoms with Crippen LogP contribution in [0.15, 0.2) is 54.7 Å². The molecule has 0 atom stereocenters. The number of hydrogen-bond acceptors (Lipinski definition) is 6. The van der Waals surface area contributed by atoms with Gasteiger partial charge in [0.2, 0.25) is 5.91 Å². The van der Waals surface area contributed by atoms with Gasteiger partial charge in [-0.15, -0.1) is 0 Å². The molecule has 1 aliphatic heterocycles. The number of benzene rings is 2. The molecule has 2 heterocycles. The number of carbonyl (C=O) groups excluding carboxylic acids is 1. The van der Waals surface area contributed by atoms with E-state index in [0.29, 0.717) is 35.7 Å². The summed E-state index contributed by atoms with van der Waals surface area (Å²) in [6.45, 7) is 1.41. The number of pyridine rings is 1. The summed E-state index contributed by atoms with van der Waals surface area (Å²) in [4.78, 5) is 19.7. The molecule has 4 rings (SSSR count). The van der Waals surface area contributed by atoms with Crippen molar-refractivity contribution in [2.24, 2.45) is 0 Å². The molecule has 40 heavy (non-hydrogen) atoms. The highest BCUT2D eigenvalue weighted by Gasteiger charge is 2.44. The summed E-state index contributed by atoms with van der Waals surface area (Å²) >= 11 is 0. The first-order valence-electron chi connectivity index (χ1n) is 12.7. The Balaban J connectivity index is 1.67. The number of piperidine rings is 1. The number of alkyl halides is 3. The third-order valence-corrected chi connectivity index (χ3v) is 7.25. The number of anilines is 1. The van der Waals surface area contributed by atoms with Gasteiger partial charge in [0.05, 0.1) is 29.3 Å². The fourth-order valence-corrected chi connectivity index (χ4v) is 5.06. The Bertz CT molecular complexity index is 1410. The molecule has 0 unspecified atom stereocenters. The minimum absolute atomic E-state index is 0.0905. The van der Waals surface area contributed by atoms with Crippen molar-refractivity contribution in [3.05, 3.63) is 77.2 Å². The number of carbonyl (C=O) groups is 1. The predicted molar refractivity (Wildman–Crippen MR) is 142 cm³/mol. The first kappa shape index (κ1) is 28.8. The molecule has 11 heteroatoms. The number of rotatable bonds is 8. The van der Waals surface area contributed by atoms with Crippen LogP contribution in [0.3, 0.4) is 0 Å². The lowest BCUT2D eigenvalue weighted by atomic mass is 9.72. The van der Waals surface area contributed by atoms with Crippen LogP contribution < -0.4 is 20.3 Å². The number of nitrogens with one attached hydrogen (secondary N) is 2. The summed E-state index contributed by atoms with van der Waals surface area (Å²) < 4.78 is 60.4. The largest absolute Gasteiger partial charge is 0.496 e. The second-order valence-corrected chi connectivity index (χ2v) is 9.52. The maximum absolute atomic E-state index is 15.5. The van der Waals surface area contributed by atoms with E-state index in [4.69, 9.17) is 4.74 Å². The third-order valence-electron chi connectivity index (χ3n) is 7.25. The first-order chi connectivity index (χ1) is 19.1. The van der Waals surface area contributed by atoms with E-state index < -0.39 is 23.0 Å². The number of amides is 1. The van der Waals surface area contributed by atoms with E-state index in [9.17, 15) is 23.2 Å². The van der Waals surface area contributed by atoms with Crippen LogP contribution in [0.4, 0.5) is 23.2 Å². The summed E-state index contributed by atoms with van der Waals surface area (Å²) in [5.74, 6) is -0.442. The summed E-state index contributed by atoms with van der Waals surface area (Å²) in [7, 11) is 3.24. The van der Waals surface area contributed by atoms with Crippen molar-refractivity contribution in [2.75, 3.05) is 45.2 Å². The van der Waals surface area contributed by atoms with Crippen molar-refractivity contribution < 1.29 is 27.1 Å². The molecule has 0 saturated carbocycles. The number of likely N-dealkylation sites (N-methyl/N-ethyl adjacent to an activating group) is 1. The standard InChI is InChI=1S/C29H29F4N5O2/c1-35-11-12-36-27(39)28(21-16-23(30)26(37-18-21)22-5-3-4-6-25(22)40-2)9-13-38(14-10-28)24-8-7-20(29(31,32)33)15-19(24)17-34/h3-8,15-16,18,35H,9-14H2,1-2H3,(H,36,39). The van der Waals surface area contributed by atoms with Gasteiger partial charge < -0.3 is 20.3 Å². The van der Waals surface area contributed by atoms with Crippen LogP contribution in [0.2, 0.25) is 0 Å². The van der Waals surface area contributed by atoms with Crippen LogP contribution in [0.5, 0.6) is 5.75 Å². The summed E-state index contributed by atoms with van der Waals surface area (Å²) in [5, 5.41) is 15.4. The highest BCUT2D eigenvalue weighted by molar-refractivity contribution is 5.89. The molecule has 2 N–H and O–H groups in total. The highest BCUT2D eigenvalue weighted by atomic mass is 19.4. The Morgan fingerprint density at radius 1 is 1.15 bits per heavy atom. The van der Waals surface area contributed by atoms with Gasteiger partial charge in [0.1, 0.15) is 23.3 Å². The van der Waals surface area contributed by atoms with Gasteiger partial charge in [-0.3, -0.25) is 9.78 Å². The van der Waals surface area contributed by atoms with Crippen molar-refractivity contribution in [1.82, 2.24) is 15.6 Å². The van der Waals surface area contributed by atoms with Crippen LogP contribution in [-0.2, 0) is 16.4 Å². The lowest BCUT2D eigenvalue weighted by molar-refractivity contribution is -0.137. The van der Waals surface area contributed by atoms with Gasteiger partial charge >= 0.3 is 6.18 Å². The number of halogens is 4. The van der Waals surface area contributed by atoms with E-state index in [1.54, 1.807) is 36.2 Å². The van der Waals surface area contributed by atoms with Crippen LogP contribution in [0.1, 0.15) is 29.5 Å². The van der Waals surface area contributed by atoms with Crippen molar-refractivity contribution in [2.45, 2.75) is 24.4 Å². The van der Waals surface area contributed by atoms with E-state index in [1.807, 2.05) is 6.07 Å². The van der Waals surface area contributed by atoms with Gasteiger partial charge in [0, 0.05) is 37.9 Å². The summed E-state index contributed by atoms with van der Waals surface area (Å²) in [6.07, 6.45) is -2.60. The molecule has 1 saturated heterocycles. The van der Waals surface area contributed by atoms with Crippen LogP contribution >= 0.6 is 0 Å². The zero-order chi connectivity index (χ0) is 28.9. The molecule has 1 aliphatic rings. The molecular formula is C29H29F4N5O2. The van der Waals surface area contributed by atoms with Gasteiger partial charge in [-0.25, -0.2) is 4.39 Å². The second kappa shape index (κ2) is 11.9. The maximum atomic E-state index is 15.5. The maximum Gasteiger partial charge on any atom is 0.416 e. The SMILES string of the molecule is CNCCNC(=O)C1(c2cnc(-c3ccccc3OC)c(F)c2)CCN(c2ccc(C(F)(F)F)cc2C#N)CC1. The minimum atomic E-state index is -4.57. The highest BCUT2D eigenvalue weighted by Crippen LogP contribution is 2.40. The lowest BCUT2D eigenvalue weighted by Gasteiger charge is -2.42. The van der Waals surface area contributed by atoms with Crippen LogP contribution in [0, 0.1) is 17.1 Å². The predicted octanol–water partition coefficient (Wildman–Crippen LogP) is 4.66. The number of nitrogens with zero attached hydrogens (tertiary/aromatic N) is 3. The molecule has 0 radical (unpaired) electrons. The molecule has 0 aliphatic carbocycles. The monoisotopic (exact) mass is 555 g/mol. The molecule has 1 aromatic heterocycles. The quantitative estimate of drug-likeness (QED) is 0.311. The van der Waals surface area contributed by atoms with Gasteiger partial charge in [-0.05, 0) is 61.9 Å². The van der Waals surface area contributed by atoms with E-state index >= 15 is 4.39 Å². The van der Waals surface area contributed by atoms with Crippen molar-refractivity contribution in [3.8, 4) is 23.1 Å². The molecule has 3 aromatic rings. The van der Waals surface area contributed by atoms with Gasteiger partial charge in [-0.2, -0.15) is 18.4 Å². The molecular weight excluding hydrogens is 526 g/mol. The van der Waals surface area contributed by atoms with Crippen molar-refractivity contribution >= 4 is 11.6 Å². The minimum Gasteiger partial charge on any atom is -0.496 e. The number of methoxy groups -OCH3 is 1. The fraction of sp³-hybridized carbons (Fsp3) is 0.345. The number of ether oxygens (including phenoxy) is 1. The summed E-state index contributed by atoms with van der Waals surface area (Å²) in [6, 6.07) is 13.1. The number of para-hydroxylation sites is 1. The zero-order valence-electron chi connectivity index (χ0n) is 22.1. The van der Waals surface area contributed by atoms with E-state index in [-0.39, 0.29) is 43.1 Å². The molecule has 0 bridgehead atoms. The number of aromatic nitrogens is 1. The van der Waals surface area contributed by atoms with Gasteiger partial charge in [0.25, 0.3) is 0 Å². The fourth-order valence-electron chi connectivity index (χ4n) is 5.06. The van der Waals surface area contributed by atoms with E-state index in [1.165, 1.54) is 25.4 Å². The van der Waals surface area contributed by atoms with Crippen LogP contribution in [0.25, 0.3) is 11.3 Å². The molecule has 2 aromatic carbocycles. The molecule has 1 fully saturated rings. The average Bonchev–Trinajstić information content (AvgIpc) is 2.96. The topological polar surface area (TPSA) is 90.3 Å². The smallest absolute Gasteiger partial charge is 0.416 e.